The number of hydrogen-bond acceptors (Lipinski definition) is 1. The lowest BCUT2D eigenvalue weighted by molar-refractivity contribution is 0.826. The highest BCUT2D eigenvalue weighted by molar-refractivity contribution is 7.26. The number of para-hydroxylation sites is 3. The molecular weight excluding hydrogens is 709 g/mol. The minimum absolute atomic E-state index is 0.255. The topological polar surface area (TPSA) is 9.86 Å². The van der Waals surface area contributed by atoms with Crippen molar-refractivity contribution in [3.63, 3.8) is 0 Å². The van der Waals surface area contributed by atoms with Crippen molar-refractivity contribution in [3.05, 3.63) is 211 Å². The molecular formula is C54H36N2S. The quantitative estimate of drug-likeness (QED) is 0.166. The first-order valence-corrected chi connectivity index (χ1v) is 20.6. The smallest absolute Gasteiger partial charge is 0.0544 e. The van der Waals surface area contributed by atoms with E-state index < -0.39 is 0 Å². The molecule has 0 N–H and O–H groups in total. The van der Waals surface area contributed by atoms with Crippen molar-refractivity contribution in [2.75, 3.05) is 0 Å². The molecule has 0 spiro atoms. The molecule has 0 amide bonds. The number of hydrogen-bond donors (Lipinski definition) is 0. The van der Waals surface area contributed by atoms with Gasteiger partial charge < -0.3 is 9.13 Å². The molecule has 0 radical (unpaired) electrons. The summed E-state index contributed by atoms with van der Waals surface area (Å²) in [5, 5.41) is 6.49. The van der Waals surface area contributed by atoms with Crippen LogP contribution in [0.25, 0.3) is 92.6 Å². The Balaban J connectivity index is 1.04. The van der Waals surface area contributed by atoms with Crippen LogP contribution in [-0.2, 0) is 6.42 Å². The normalized spacial score (nSPS) is 14.0. The average molecular weight is 745 g/mol. The summed E-state index contributed by atoms with van der Waals surface area (Å²) in [6.07, 6.45) is 5.74. The van der Waals surface area contributed by atoms with E-state index in [2.05, 4.69) is 209 Å². The number of nitrogens with zero attached hydrogens (tertiary/aromatic N) is 2. The fraction of sp³-hybridized carbons (Fsp3) is 0.0370. The van der Waals surface area contributed by atoms with E-state index in [9.17, 15) is 0 Å². The molecule has 12 rings (SSSR count). The minimum atomic E-state index is 0.255. The van der Waals surface area contributed by atoms with Gasteiger partial charge in [-0.2, -0.15) is 0 Å². The van der Waals surface area contributed by atoms with Gasteiger partial charge in [-0.15, -0.1) is 11.3 Å². The van der Waals surface area contributed by atoms with Crippen molar-refractivity contribution in [2.45, 2.75) is 12.3 Å². The van der Waals surface area contributed by atoms with E-state index in [1.54, 1.807) is 0 Å². The molecule has 0 saturated heterocycles. The number of aromatic nitrogens is 2. The summed E-state index contributed by atoms with van der Waals surface area (Å²) in [5.74, 6) is 0.255. The number of rotatable bonds is 5. The highest BCUT2D eigenvalue weighted by Gasteiger charge is 2.25. The number of allylic oxidation sites excluding steroid dienone is 1. The Morgan fingerprint density at radius 1 is 0.439 bits per heavy atom. The van der Waals surface area contributed by atoms with Crippen LogP contribution in [-0.4, -0.2) is 9.13 Å². The maximum absolute atomic E-state index is 2.52. The fourth-order valence-electron chi connectivity index (χ4n) is 9.42. The third-order valence-corrected chi connectivity index (χ3v) is 13.3. The molecule has 3 heteroatoms. The second kappa shape index (κ2) is 12.8. The molecule has 0 saturated carbocycles. The zero-order chi connectivity index (χ0) is 37.5. The molecule has 0 bridgehead atoms. The first kappa shape index (κ1) is 32.3. The summed E-state index contributed by atoms with van der Waals surface area (Å²) >= 11 is 1.89. The van der Waals surface area contributed by atoms with Crippen molar-refractivity contribution >= 4 is 70.3 Å². The number of thiophene rings is 1. The van der Waals surface area contributed by atoms with E-state index in [0.29, 0.717) is 0 Å². The maximum atomic E-state index is 2.52. The number of benzene rings is 8. The van der Waals surface area contributed by atoms with E-state index in [-0.39, 0.29) is 5.92 Å². The summed E-state index contributed by atoms with van der Waals surface area (Å²) in [6, 6.07) is 69.3. The van der Waals surface area contributed by atoms with E-state index >= 15 is 0 Å². The monoisotopic (exact) mass is 744 g/mol. The second-order valence-corrected chi connectivity index (χ2v) is 16.3. The SMILES string of the molecule is C1=CC(c2ccc3c4ccccc4n(-c4cc(-c5ccc(-c6ccccc6)cc5)c5sc6ccccc6c5c4)c3c2)Cc2c1n(-c1ccccc1)c1ccccc21. The minimum Gasteiger partial charge on any atom is -0.310 e. The van der Waals surface area contributed by atoms with Gasteiger partial charge in [-0.25, -0.2) is 0 Å². The van der Waals surface area contributed by atoms with Gasteiger partial charge in [0.25, 0.3) is 0 Å². The lowest BCUT2D eigenvalue weighted by atomic mass is 9.86. The standard InChI is InChI=1S/C54H36N2S/c1-3-13-35(14-4-1)36-23-25-37(26-24-36)46-33-41(34-48-45-19-9-12-22-53(45)57-54(46)48)56-49-20-10-7-17-42(49)44-29-27-39(32-52(44)56)38-28-30-51-47(31-38)43-18-8-11-21-50(43)55(51)40-15-5-2-6-16-40/h1-30,32-34,38H,31H2. The van der Waals surface area contributed by atoms with Crippen LogP contribution in [0.4, 0.5) is 0 Å². The van der Waals surface area contributed by atoms with Crippen molar-refractivity contribution < 1.29 is 0 Å². The van der Waals surface area contributed by atoms with E-state index in [1.807, 2.05) is 11.3 Å². The summed E-state index contributed by atoms with van der Waals surface area (Å²) in [7, 11) is 0. The van der Waals surface area contributed by atoms with Gasteiger partial charge in [0.15, 0.2) is 0 Å². The summed E-state index contributed by atoms with van der Waals surface area (Å²) in [5.41, 5.74) is 15.1. The third-order valence-electron chi connectivity index (χ3n) is 12.1. The molecule has 11 aromatic rings. The highest BCUT2D eigenvalue weighted by atomic mass is 32.1. The van der Waals surface area contributed by atoms with Crippen LogP contribution < -0.4 is 0 Å². The summed E-state index contributed by atoms with van der Waals surface area (Å²) < 4.78 is 7.58. The molecule has 3 aromatic heterocycles. The molecule has 1 aliphatic carbocycles. The first-order chi connectivity index (χ1) is 28.3. The molecule has 0 aliphatic heterocycles. The molecule has 2 nitrogen and oxygen atoms in total. The van der Waals surface area contributed by atoms with Crippen molar-refractivity contribution in [2.24, 2.45) is 0 Å². The average Bonchev–Trinajstić information content (AvgIpc) is 3.94. The van der Waals surface area contributed by atoms with Crippen LogP contribution in [0.1, 0.15) is 22.7 Å². The maximum Gasteiger partial charge on any atom is 0.0544 e. The fourth-order valence-corrected chi connectivity index (χ4v) is 10.6. The third kappa shape index (κ3) is 5.09. The van der Waals surface area contributed by atoms with E-state index in [1.165, 1.54) is 103 Å². The Bertz CT molecular complexity index is 3360. The van der Waals surface area contributed by atoms with Crippen LogP contribution in [0.15, 0.2) is 194 Å². The predicted octanol–water partition coefficient (Wildman–Crippen LogP) is 14.8. The zero-order valence-electron chi connectivity index (χ0n) is 31.1. The molecule has 1 unspecified atom stereocenters. The van der Waals surface area contributed by atoms with Gasteiger partial charge in [-0.1, -0.05) is 146 Å². The molecule has 268 valence electrons. The molecule has 1 atom stereocenters. The van der Waals surface area contributed by atoms with Gasteiger partial charge in [0, 0.05) is 64.9 Å². The molecule has 3 heterocycles. The lowest BCUT2D eigenvalue weighted by Gasteiger charge is -2.20. The van der Waals surface area contributed by atoms with Crippen molar-refractivity contribution in [1.82, 2.24) is 9.13 Å². The largest absolute Gasteiger partial charge is 0.310 e. The Morgan fingerprint density at radius 3 is 1.88 bits per heavy atom. The van der Waals surface area contributed by atoms with Crippen LogP contribution in [0.5, 0.6) is 0 Å². The predicted molar refractivity (Wildman–Crippen MR) is 243 cm³/mol. The van der Waals surface area contributed by atoms with Crippen molar-refractivity contribution in [3.8, 4) is 33.6 Å². The zero-order valence-corrected chi connectivity index (χ0v) is 32.0. The summed E-state index contributed by atoms with van der Waals surface area (Å²) in [6.45, 7) is 0. The van der Waals surface area contributed by atoms with Gasteiger partial charge in [0.1, 0.15) is 0 Å². The first-order valence-electron chi connectivity index (χ1n) is 19.8. The van der Waals surface area contributed by atoms with Crippen LogP contribution in [0.3, 0.4) is 0 Å². The van der Waals surface area contributed by atoms with E-state index in [4.69, 9.17) is 0 Å². The van der Waals surface area contributed by atoms with E-state index in [0.717, 1.165) is 6.42 Å². The van der Waals surface area contributed by atoms with Crippen LogP contribution >= 0.6 is 11.3 Å². The molecule has 0 fully saturated rings. The van der Waals surface area contributed by atoms with Crippen LogP contribution in [0.2, 0.25) is 0 Å². The van der Waals surface area contributed by atoms with Gasteiger partial charge in [0.05, 0.1) is 16.6 Å². The molecule has 1 aliphatic rings. The molecule has 8 aromatic carbocycles. The van der Waals surface area contributed by atoms with Gasteiger partial charge in [-0.05, 0) is 88.8 Å². The molecule has 57 heavy (non-hydrogen) atoms. The van der Waals surface area contributed by atoms with Gasteiger partial charge in [-0.3, -0.25) is 0 Å². The Labute approximate surface area is 334 Å². The summed E-state index contributed by atoms with van der Waals surface area (Å²) in [4.78, 5) is 0. The highest BCUT2D eigenvalue weighted by Crippen LogP contribution is 2.45. The van der Waals surface area contributed by atoms with Gasteiger partial charge >= 0.3 is 0 Å². The van der Waals surface area contributed by atoms with Crippen LogP contribution in [0, 0.1) is 0 Å². The van der Waals surface area contributed by atoms with Crippen molar-refractivity contribution in [1.29, 1.82) is 0 Å². The lowest BCUT2D eigenvalue weighted by Crippen LogP contribution is -2.07. The Kier molecular flexibility index (Phi) is 7.26. The Morgan fingerprint density at radius 2 is 1.07 bits per heavy atom. The Hall–Kier alpha value is -6.94. The van der Waals surface area contributed by atoms with Gasteiger partial charge in [0.2, 0.25) is 0 Å². The number of fused-ring (bicyclic) bond motifs is 9. The second-order valence-electron chi connectivity index (χ2n) is 15.3.